The Hall–Kier alpha value is -4.04. The van der Waals surface area contributed by atoms with Gasteiger partial charge in [0.2, 0.25) is 0 Å². The van der Waals surface area contributed by atoms with E-state index in [2.05, 4.69) is 145 Å². The van der Waals surface area contributed by atoms with Gasteiger partial charge in [0.1, 0.15) is 0 Å². The van der Waals surface area contributed by atoms with E-state index in [4.69, 9.17) is 0 Å². The van der Waals surface area contributed by atoms with Crippen LogP contribution >= 0.6 is 0 Å². The molecule has 0 saturated carbocycles. The average molecular weight is 415 g/mol. The number of hydrogen-bond donors (Lipinski definition) is 0. The highest BCUT2D eigenvalue weighted by molar-refractivity contribution is 5.96. The molecule has 0 bridgehead atoms. The first kappa shape index (κ1) is 19.9. The van der Waals surface area contributed by atoms with E-state index in [0.29, 0.717) is 0 Å². The Kier molecular flexibility index (Phi) is 5.35. The number of nitrogens with zero attached hydrogens (tertiary/aromatic N) is 2. The summed E-state index contributed by atoms with van der Waals surface area (Å²) in [6, 6.07) is 43.0. The van der Waals surface area contributed by atoms with Crippen LogP contribution in [0.4, 0.5) is 28.4 Å². The van der Waals surface area contributed by atoms with Crippen LogP contribution in [0, 0.1) is 6.92 Å². The Balaban J connectivity index is 1.52. The standard InChI is InChI=1S/C30H26N2/c1-23-15-17-27(18-16-23)32(26-11-4-3-5-12-26)28-21-19-25(20-22-28)31(2)30-14-8-10-24-9-6-7-13-29(24)30/h3-22H,1-2H3. The Morgan fingerprint density at radius 1 is 0.469 bits per heavy atom. The van der Waals surface area contributed by atoms with E-state index < -0.39 is 0 Å². The zero-order valence-corrected chi connectivity index (χ0v) is 18.4. The molecular formula is C30H26N2. The zero-order chi connectivity index (χ0) is 21.9. The second-order valence-electron chi connectivity index (χ2n) is 8.08. The lowest BCUT2D eigenvalue weighted by molar-refractivity contribution is 1.21. The predicted octanol–water partition coefficient (Wildman–Crippen LogP) is 8.39. The fourth-order valence-electron chi connectivity index (χ4n) is 4.18. The van der Waals surface area contributed by atoms with Crippen LogP contribution in [-0.4, -0.2) is 7.05 Å². The maximum absolute atomic E-state index is 2.29. The van der Waals surface area contributed by atoms with Crippen molar-refractivity contribution in [1.82, 2.24) is 0 Å². The van der Waals surface area contributed by atoms with E-state index in [9.17, 15) is 0 Å². The predicted molar refractivity (Wildman–Crippen MR) is 138 cm³/mol. The highest BCUT2D eigenvalue weighted by Crippen LogP contribution is 2.37. The smallest absolute Gasteiger partial charge is 0.0487 e. The van der Waals surface area contributed by atoms with Gasteiger partial charge in [-0.05, 0) is 66.9 Å². The van der Waals surface area contributed by atoms with Crippen LogP contribution < -0.4 is 9.80 Å². The summed E-state index contributed by atoms with van der Waals surface area (Å²) >= 11 is 0. The van der Waals surface area contributed by atoms with Crippen molar-refractivity contribution in [2.24, 2.45) is 0 Å². The number of rotatable bonds is 5. The second-order valence-corrected chi connectivity index (χ2v) is 8.08. The number of aryl methyl sites for hydroxylation is 1. The van der Waals surface area contributed by atoms with Gasteiger partial charge in [0.15, 0.2) is 0 Å². The number of hydrogen-bond acceptors (Lipinski definition) is 2. The molecule has 0 aliphatic carbocycles. The first-order valence-electron chi connectivity index (χ1n) is 10.9. The summed E-state index contributed by atoms with van der Waals surface area (Å²) in [4.78, 5) is 4.55. The Morgan fingerprint density at radius 2 is 1.00 bits per heavy atom. The summed E-state index contributed by atoms with van der Waals surface area (Å²) in [7, 11) is 2.13. The normalized spacial score (nSPS) is 10.8. The lowest BCUT2D eigenvalue weighted by Crippen LogP contribution is -2.12. The molecule has 156 valence electrons. The summed E-state index contributed by atoms with van der Waals surface area (Å²) in [5.41, 5.74) is 7.05. The van der Waals surface area contributed by atoms with E-state index >= 15 is 0 Å². The van der Waals surface area contributed by atoms with Crippen molar-refractivity contribution >= 4 is 39.2 Å². The van der Waals surface area contributed by atoms with Crippen molar-refractivity contribution < 1.29 is 0 Å². The Bertz CT molecular complexity index is 1320. The molecule has 32 heavy (non-hydrogen) atoms. The molecule has 0 N–H and O–H groups in total. The monoisotopic (exact) mass is 414 g/mol. The fraction of sp³-hybridized carbons (Fsp3) is 0.0667. The summed E-state index contributed by atoms with van der Waals surface area (Å²) in [6.07, 6.45) is 0. The fourth-order valence-corrected chi connectivity index (χ4v) is 4.18. The van der Waals surface area contributed by atoms with Gasteiger partial charge < -0.3 is 9.80 Å². The van der Waals surface area contributed by atoms with Crippen LogP contribution in [0.2, 0.25) is 0 Å². The third kappa shape index (κ3) is 3.83. The third-order valence-corrected chi connectivity index (χ3v) is 5.93. The topological polar surface area (TPSA) is 6.48 Å². The first-order chi connectivity index (χ1) is 15.7. The van der Waals surface area contributed by atoms with Crippen LogP contribution in [0.25, 0.3) is 10.8 Å². The van der Waals surface area contributed by atoms with E-state index in [1.165, 1.54) is 22.0 Å². The van der Waals surface area contributed by atoms with Gasteiger partial charge in [0.25, 0.3) is 0 Å². The molecular weight excluding hydrogens is 388 g/mol. The lowest BCUT2D eigenvalue weighted by Gasteiger charge is -2.27. The van der Waals surface area contributed by atoms with Crippen molar-refractivity contribution in [2.75, 3.05) is 16.8 Å². The highest BCUT2D eigenvalue weighted by atomic mass is 15.1. The molecule has 0 aliphatic heterocycles. The van der Waals surface area contributed by atoms with Gasteiger partial charge >= 0.3 is 0 Å². The molecule has 0 heterocycles. The molecule has 0 atom stereocenters. The quantitative estimate of drug-likeness (QED) is 0.285. The highest BCUT2D eigenvalue weighted by Gasteiger charge is 2.13. The molecule has 0 aromatic heterocycles. The molecule has 0 spiro atoms. The van der Waals surface area contributed by atoms with E-state index in [0.717, 1.165) is 22.7 Å². The Morgan fingerprint density at radius 3 is 1.72 bits per heavy atom. The van der Waals surface area contributed by atoms with Crippen molar-refractivity contribution in [1.29, 1.82) is 0 Å². The number of para-hydroxylation sites is 1. The van der Waals surface area contributed by atoms with Gasteiger partial charge in [-0.2, -0.15) is 0 Å². The summed E-state index contributed by atoms with van der Waals surface area (Å²) in [5, 5.41) is 2.51. The molecule has 2 nitrogen and oxygen atoms in total. The van der Waals surface area contributed by atoms with Crippen LogP contribution in [0.1, 0.15) is 5.56 Å². The average Bonchev–Trinajstić information content (AvgIpc) is 2.86. The van der Waals surface area contributed by atoms with Gasteiger partial charge in [0, 0.05) is 40.9 Å². The van der Waals surface area contributed by atoms with Crippen LogP contribution in [0.5, 0.6) is 0 Å². The van der Waals surface area contributed by atoms with Gasteiger partial charge in [-0.15, -0.1) is 0 Å². The molecule has 0 unspecified atom stereocenters. The van der Waals surface area contributed by atoms with Crippen LogP contribution in [-0.2, 0) is 0 Å². The molecule has 0 saturated heterocycles. The summed E-state index contributed by atoms with van der Waals surface area (Å²) in [6.45, 7) is 2.12. The third-order valence-electron chi connectivity index (χ3n) is 5.93. The maximum atomic E-state index is 2.29. The molecule has 0 amide bonds. The summed E-state index contributed by atoms with van der Waals surface area (Å²) in [5.74, 6) is 0. The maximum Gasteiger partial charge on any atom is 0.0487 e. The summed E-state index contributed by atoms with van der Waals surface area (Å²) < 4.78 is 0. The van der Waals surface area contributed by atoms with E-state index in [-0.39, 0.29) is 0 Å². The number of benzene rings is 5. The number of anilines is 5. The minimum Gasteiger partial charge on any atom is -0.344 e. The van der Waals surface area contributed by atoms with Crippen molar-refractivity contribution in [3.8, 4) is 0 Å². The van der Waals surface area contributed by atoms with Crippen LogP contribution in [0.3, 0.4) is 0 Å². The molecule has 5 aromatic rings. The molecule has 0 aliphatic rings. The second kappa shape index (κ2) is 8.60. The number of fused-ring (bicyclic) bond motifs is 1. The van der Waals surface area contributed by atoms with Crippen molar-refractivity contribution in [3.05, 3.63) is 127 Å². The minimum absolute atomic E-state index is 1.13. The van der Waals surface area contributed by atoms with Gasteiger partial charge in [-0.1, -0.05) is 72.3 Å². The van der Waals surface area contributed by atoms with E-state index in [1.807, 2.05) is 0 Å². The largest absolute Gasteiger partial charge is 0.344 e. The Labute approximate surface area is 190 Å². The SMILES string of the molecule is Cc1ccc(N(c2ccccc2)c2ccc(N(C)c3cccc4ccccc34)cc2)cc1. The molecule has 5 rings (SSSR count). The van der Waals surface area contributed by atoms with Crippen molar-refractivity contribution in [3.63, 3.8) is 0 Å². The van der Waals surface area contributed by atoms with Gasteiger partial charge in [-0.25, -0.2) is 0 Å². The lowest BCUT2D eigenvalue weighted by atomic mass is 10.1. The molecule has 0 radical (unpaired) electrons. The minimum atomic E-state index is 1.13. The van der Waals surface area contributed by atoms with Crippen LogP contribution in [0.15, 0.2) is 121 Å². The zero-order valence-electron chi connectivity index (χ0n) is 18.4. The van der Waals surface area contributed by atoms with Gasteiger partial charge in [-0.3, -0.25) is 0 Å². The molecule has 0 fully saturated rings. The van der Waals surface area contributed by atoms with Crippen molar-refractivity contribution in [2.45, 2.75) is 6.92 Å². The van der Waals surface area contributed by atoms with Gasteiger partial charge in [0.05, 0.1) is 0 Å². The molecule has 2 heteroatoms. The molecule has 5 aromatic carbocycles. The first-order valence-corrected chi connectivity index (χ1v) is 10.9. The van der Waals surface area contributed by atoms with E-state index in [1.54, 1.807) is 0 Å².